The van der Waals surface area contributed by atoms with Crippen LogP contribution in [0.3, 0.4) is 0 Å². The van der Waals surface area contributed by atoms with Gasteiger partial charge in [-0.05, 0) is 53.6 Å². The van der Waals surface area contributed by atoms with E-state index >= 15 is 0 Å². The van der Waals surface area contributed by atoms with E-state index in [1.165, 1.54) is 4.31 Å². The molecule has 2 N–H and O–H groups in total. The second-order valence-corrected chi connectivity index (χ2v) is 8.01. The summed E-state index contributed by atoms with van der Waals surface area (Å²) in [7, 11) is -3.68. The van der Waals surface area contributed by atoms with E-state index in [9.17, 15) is 13.2 Å². The number of piperidine rings is 1. The number of carboxylic acids is 1. The van der Waals surface area contributed by atoms with Gasteiger partial charge in [0.05, 0.1) is 11.6 Å². The van der Waals surface area contributed by atoms with Crippen LogP contribution in [0.25, 0.3) is 0 Å². The Bertz CT molecular complexity index is 645. The largest absolute Gasteiger partial charge is 0.481 e. The lowest BCUT2D eigenvalue weighted by Gasteiger charge is -2.29. The highest BCUT2D eigenvalue weighted by Gasteiger charge is 2.31. The van der Waals surface area contributed by atoms with Crippen molar-refractivity contribution in [3.63, 3.8) is 0 Å². The highest BCUT2D eigenvalue weighted by molar-refractivity contribution is 14.1. The minimum atomic E-state index is -3.68. The number of nitrogens with one attached hydrogen (secondary N) is 1. The first kappa shape index (κ1) is 16.8. The molecule has 2 rings (SSSR count). The molecular formula is C12H14ClIN2O4S. The number of carboxylic acid groups (broad SMARTS) is 1. The summed E-state index contributed by atoms with van der Waals surface area (Å²) in [5.41, 5.74) is 0.459. The van der Waals surface area contributed by atoms with E-state index in [4.69, 9.17) is 16.7 Å². The molecule has 0 unspecified atom stereocenters. The van der Waals surface area contributed by atoms with E-state index in [0.717, 1.165) is 0 Å². The number of benzene rings is 1. The molecule has 0 amide bonds. The molecule has 0 spiro atoms. The molecular weight excluding hydrogens is 431 g/mol. The van der Waals surface area contributed by atoms with E-state index in [1.807, 2.05) is 22.6 Å². The number of hydrogen-bond donors (Lipinski definition) is 2. The summed E-state index contributed by atoms with van der Waals surface area (Å²) in [4.78, 5) is 10.9. The standard InChI is InChI=1S/C12H14ClIN2O4S/c13-9-1-2-11(10(14)7-9)15-21(19,20)16-5-3-8(4-6-16)12(17)18/h1-2,7-8,15H,3-6H2,(H,17,18). The molecule has 1 heterocycles. The van der Waals surface area contributed by atoms with Gasteiger partial charge in [0, 0.05) is 21.7 Å². The molecule has 0 radical (unpaired) electrons. The third-order valence-corrected chi connectivity index (χ3v) is 5.96. The van der Waals surface area contributed by atoms with Crippen molar-refractivity contribution in [2.45, 2.75) is 12.8 Å². The number of rotatable bonds is 4. The third-order valence-electron chi connectivity index (χ3n) is 3.31. The fraction of sp³-hybridized carbons (Fsp3) is 0.417. The first-order valence-corrected chi connectivity index (χ1v) is 9.15. The van der Waals surface area contributed by atoms with Crippen molar-refractivity contribution >= 4 is 56.1 Å². The van der Waals surface area contributed by atoms with E-state index in [-0.39, 0.29) is 13.1 Å². The molecule has 116 valence electrons. The van der Waals surface area contributed by atoms with Crippen LogP contribution in [0.15, 0.2) is 18.2 Å². The van der Waals surface area contributed by atoms with Gasteiger partial charge in [0.25, 0.3) is 0 Å². The number of anilines is 1. The van der Waals surface area contributed by atoms with Crippen LogP contribution in [-0.2, 0) is 15.0 Å². The Morgan fingerprint density at radius 2 is 2.00 bits per heavy atom. The Kier molecular flexibility index (Phi) is 5.33. The van der Waals surface area contributed by atoms with Crippen molar-refractivity contribution in [2.24, 2.45) is 5.92 Å². The van der Waals surface area contributed by atoms with Gasteiger partial charge < -0.3 is 5.11 Å². The van der Waals surface area contributed by atoms with Crippen LogP contribution >= 0.6 is 34.2 Å². The van der Waals surface area contributed by atoms with Gasteiger partial charge in [-0.15, -0.1) is 0 Å². The van der Waals surface area contributed by atoms with Gasteiger partial charge in [0.1, 0.15) is 0 Å². The lowest BCUT2D eigenvalue weighted by atomic mass is 9.99. The van der Waals surface area contributed by atoms with Crippen molar-refractivity contribution in [3.05, 3.63) is 26.8 Å². The molecule has 1 aromatic carbocycles. The van der Waals surface area contributed by atoms with Gasteiger partial charge in [-0.1, -0.05) is 11.6 Å². The molecule has 0 aliphatic carbocycles. The van der Waals surface area contributed by atoms with Gasteiger partial charge in [-0.25, -0.2) is 0 Å². The van der Waals surface area contributed by atoms with Crippen LogP contribution in [0.2, 0.25) is 5.02 Å². The zero-order valence-corrected chi connectivity index (χ0v) is 14.7. The van der Waals surface area contributed by atoms with Crippen molar-refractivity contribution in [3.8, 4) is 0 Å². The van der Waals surface area contributed by atoms with E-state index < -0.39 is 22.1 Å². The van der Waals surface area contributed by atoms with Crippen LogP contribution in [0.1, 0.15) is 12.8 Å². The Hall–Kier alpha value is -0.580. The van der Waals surface area contributed by atoms with Crippen LogP contribution < -0.4 is 4.72 Å². The number of halogens is 2. The summed E-state index contributed by atoms with van der Waals surface area (Å²) in [6, 6.07) is 4.88. The average Bonchev–Trinajstić information content (AvgIpc) is 2.42. The monoisotopic (exact) mass is 444 g/mol. The fourth-order valence-electron chi connectivity index (χ4n) is 2.12. The van der Waals surface area contributed by atoms with Crippen LogP contribution in [-0.4, -0.2) is 36.9 Å². The van der Waals surface area contributed by atoms with Crippen molar-refractivity contribution in [1.82, 2.24) is 4.31 Å². The molecule has 21 heavy (non-hydrogen) atoms. The normalized spacial score (nSPS) is 17.6. The second-order valence-electron chi connectivity index (χ2n) is 4.74. The smallest absolute Gasteiger partial charge is 0.306 e. The summed E-state index contributed by atoms with van der Waals surface area (Å²) in [6.07, 6.45) is 0.655. The Morgan fingerprint density at radius 1 is 1.38 bits per heavy atom. The zero-order chi connectivity index (χ0) is 15.6. The van der Waals surface area contributed by atoms with Crippen molar-refractivity contribution in [1.29, 1.82) is 0 Å². The summed E-state index contributed by atoms with van der Waals surface area (Å²) in [5, 5.41) is 9.46. The number of aliphatic carboxylic acids is 1. The fourth-order valence-corrected chi connectivity index (χ4v) is 4.58. The molecule has 1 fully saturated rings. The molecule has 0 aromatic heterocycles. The van der Waals surface area contributed by atoms with Gasteiger partial charge in [-0.2, -0.15) is 12.7 Å². The Labute approximate surface area is 141 Å². The average molecular weight is 445 g/mol. The third kappa shape index (κ3) is 4.21. The SMILES string of the molecule is O=C(O)C1CCN(S(=O)(=O)Nc2ccc(Cl)cc2I)CC1. The first-order valence-electron chi connectivity index (χ1n) is 6.25. The lowest BCUT2D eigenvalue weighted by Crippen LogP contribution is -2.43. The lowest BCUT2D eigenvalue weighted by molar-refractivity contribution is -0.142. The Morgan fingerprint density at radius 3 is 2.52 bits per heavy atom. The predicted octanol–water partition coefficient (Wildman–Crippen LogP) is 2.40. The Balaban J connectivity index is 2.07. The molecule has 1 aliphatic rings. The van der Waals surface area contributed by atoms with E-state index in [0.29, 0.717) is 27.1 Å². The van der Waals surface area contributed by atoms with Gasteiger partial charge in [-0.3, -0.25) is 9.52 Å². The van der Waals surface area contributed by atoms with Crippen LogP contribution in [0, 0.1) is 9.49 Å². The quantitative estimate of drug-likeness (QED) is 0.698. The number of carbonyl (C=O) groups is 1. The zero-order valence-electron chi connectivity index (χ0n) is 10.9. The molecule has 0 saturated carbocycles. The maximum Gasteiger partial charge on any atom is 0.306 e. The van der Waals surface area contributed by atoms with Crippen molar-refractivity contribution < 1.29 is 18.3 Å². The second kappa shape index (κ2) is 6.67. The molecule has 0 bridgehead atoms. The maximum atomic E-state index is 12.3. The summed E-state index contributed by atoms with van der Waals surface area (Å²) in [6.45, 7) is 0.410. The molecule has 0 atom stereocenters. The minimum absolute atomic E-state index is 0.205. The predicted molar refractivity (Wildman–Crippen MR) is 88.6 cm³/mol. The molecule has 6 nitrogen and oxygen atoms in total. The first-order chi connectivity index (χ1) is 9.79. The number of hydrogen-bond acceptors (Lipinski definition) is 3. The van der Waals surface area contributed by atoms with Gasteiger partial charge >= 0.3 is 16.2 Å². The van der Waals surface area contributed by atoms with E-state index in [2.05, 4.69) is 4.72 Å². The van der Waals surface area contributed by atoms with Gasteiger partial charge in [0.2, 0.25) is 0 Å². The highest BCUT2D eigenvalue weighted by Crippen LogP contribution is 2.25. The maximum absolute atomic E-state index is 12.3. The number of nitrogens with zero attached hydrogens (tertiary/aromatic N) is 1. The van der Waals surface area contributed by atoms with Crippen molar-refractivity contribution in [2.75, 3.05) is 17.8 Å². The molecule has 1 aromatic rings. The molecule has 9 heteroatoms. The topological polar surface area (TPSA) is 86.7 Å². The molecule has 1 saturated heterocycles. The summed E-state index contributed by atoms with van der Waals surface area (Å²) >= 11 is 7.84. The summed E-state index contributed by atoms with van der Waals surface area (Å²) in [5.74, 6) is -1.33. The highest BCUT2D eigenvalue weighted by atomic mass is 127. The van der Waals surface area contributed by atoms with Gasteiger partial charge in [0.15, 0.2) is 0 Å². The molecule has 1 aliphatic heterocycles. The van der Waals surface area contributed by atoms with Crippen LogP contribution in [0.5, 0.6) is 0 Å². The summed E-state index contributed by atoms with van der Waals surface area (Å²) < 4.78 is 29.1. The van der Waals surface area contributed by atoms with E-state index in [1.54, 1.807) is 18.2 Å². The minimum Gasteiger partial charge on any atom is -0.481 e. The van der Waals surface area contributed by atoms with Crippen LogP contribution in [0.4, 0.5) is 5.69 Å².